The van der Waals surface area contributed by atoms with Gasteiger partial charge in [-0.15, -0.1) is 10.2 Å². The summed E-state index contributed by atoms with van der Waals surface area (Å²) in [4.78, 5) is 24.6. The Morgan fingerprint density at radius 1 is 1.13 bits per heavy atom. The second-order valence-electron chi connectivity index (χ2n) is 6.67. The number of amides is 2. The van der Waals surface area contributed by atoms with Gasteiger partial charge in [0.1, 0.15) is 5.75 Å². The van der Waals surface area contributed by atoms with Crippen LogP contribution in [0.5, 0.6) is 5.75 Å². The van der Waals surface area contributed by atoms with Crippen molar-refractivity contribution in [1.82, 2.24) is 20.1 Å². The van der Waals surface area contributed by atoms with Crippen LogP contribution in [0.25, 0.3) is 0 Å². The molecule has 0 aliphatic rings. The van der Waals surface area contributed by atoms with E-state index in [9.17, 15) is 9.59 Å². The second kappa shape index (κ2) is 10.3. The summed E-state index contributed by atoms with van der Waals surface area (Å²) in [6.45, 7) is 1.82. The number of benzene rings is 2. The lowest BCUT2D eigenvalue weighted by molar-refractivity contribution is -0.113. The van der Waals surface area contributed by atoms with E-state index in [1.807, 2.05) is 6.92 Å². The Morgan fingerprint density at radius 2 is 1.81 bits per heavy atom. The first-order valence-corrected chi connectivity index (χ1v) is 10.8. The van der Waals surface area contributed by atoms with Gasteiger partial charge in [0.25, 0.3) is 5.91 Å². The molecule has 0 unspecified atom stereocenters. The Bertz CT molecular complexity index is 1050. The van der Waals surface area contributed by atoms with E-state index in [1.165, 1.54) is 11.8 Å². The zero-order chi connectivity index (χ0) is 22.4. The fraction of sp³-hybridized carbons (Fsp3) is 0.238. The minimum absolute atomic E-state index is 0.163. The molecule has 0 bridgehead atoms. The lowest BCUT2D eigenvalue weighted by Crippen LogP contribution is -2.28. The van der Waals surface area contributed by atoms with Crippen molar-refractivity contribution in [3.8, 4) is 5.75 Å². The number of methoxy groups -OCH3 is 1. The predicted octanol–water partition coefficient (Wildman–Crippen LogP) is 3.70. The summed E-state index contributed by atoms with van der Waals surface area (Å²) in [5.74, 6) is 1.07. The van der Waals surface area contributed by atoms with E-state index in [0.717, 1.165) is 5.75 Å². The van der Waals surface area contributed by atoms with Crippen LogP contribution in [0.3, 0.4) is 0 Å². The molecule has 2 N–H and O–H groups in total. The number of nitrogens with zero attached hydrogens (tertiary/aromatic N) is 3. The van der Waals surface area contributed by atoms with Crippen molar-refractivity contribution in [2.75, 3.05) is 18.2 Å². The maximum Gasteiger partial charge on any atom is 0.251 e. The summed E-state index contributed by atoms with van der Waals surface area (Å²) >= 11 is 7.12. The van der Waals surface area contributed by atoms with Gasteiger partial charge in [-0.3, -0.25) is 9.59 Å². The molecule has 0 saturated carbocycles. The number of aromatic nitrogens is 3. The van der Waals surface area contributed by atoms with Gasteiger partial charge in [-0.1, -0.05) is 23.4 Å². The molecule has 0 saturated heterocycles. The Balaban J connectivity index is 1.55. The normalized spacial score (nSPS) is 11.6. The first-order valence-electron chi connectivity index (χ1n) is 9.40. The summed E-state index contributed by atoms with van der Waals surface area (Å²) in [5.41, 5.74) is 1.19. The lowest BCUT2D eigenvalue weighted by Gasteiger charge is -2.13. The van der Waals surface area contributed by atoms with Crippen molar-refractivity contribution in [3.63, 3.8) is 0 Å². The molecular weight excluding hydrogens is 438 g/mol. The van der Waals surface area contributed by atoms with E-state index in [4.69, 9.17) is 16.3 Å². The zero-order valence-corrected chi connectivity index (χ0v) is 18.8. The number of halogens is 1. The maximum absolute atomic E-state index is 12.4. The summed E-state index contributed by atoms with van der Waals surface area (Å²) in [6, 6.07) is 13.4. The molecule has 0 spiro atoms. The molecule has 31 heavy (non-hydrogen) atoms. The Morgan fingerprint density at radius 3 is 2.45 bits per heavy atom. The topological polar surface area (TPSA) is 98.1 Å². The molecule has 1 atom stereocenters. The van der Waals surface area contributed by atoms with Gasteiger partial charge in [0.15, 0.2) is 11.0 Å². The standard InChI is InChI=1S/C21H22ClN5O3S/c1-13(23-20(29)14-4-6-15(22)7-5-14)19-25-26-21(27(19)2)31-12-18(28)24-16-8-10-17(30-3)11-9-16/h4-11,13H,12H2,1-3H3,(H,23,29)(H,24,28)/t13-/m0/s1. The number of rotatable bonds is 8. The molecule has 0 fully saturated rings. The highest BCUT2D eigenvalue weighted by Gasteiger charge is 2.19. The lowest BCUT2D eigenvalue weighted by atomic mass is 10.2. The van der Waals surface area contributed by atoms with Crippen LogP contribution in [-0.4, -0.2) is 39.4 Å². The highest BCUT2D eigenvalue weighted by molar-refractivity contribution is 7.99. The van der Waals surface area contributed by atoms with Crippen LogP contribution in [-0.2, 0) is 11.8 Å². The van der Waals surface area contributed by atoms with E-state index in [0.29, 0.717) is 27.3 Å². The summed E-state index contributed by atoms with van der Waals surface area (Å²) in [6.07, 6.45) is 0. The molecule has 1 heterocycles. The minimum atomic E-state index is -0.372. The Kier molecular flexibility index (Phi) is 7.54. The van der Waals surface area contributed by atoms with Crippen molar-refractivity contribution < 1.29 is 14.3 Å². The largest absolute Gasteiger partial charge is 0.497 e. The van der Waals surface area contributed by atoms with Gasteiger partial charge in [-0.05, 0) is 55.5 Å². The molecule has 3 rings (SSSR count). The van der Waals surface area contributed by atoms with E-state index in [1.54, 1.807) is 67.3 Å². The molecule has 0 aliphatic carbocycles. The minimum Gasteiger partial charge on any atom is -0.497 e. The maximum atomic E-state index is 12.4. The Labute approximate surface area is 189 Å². The number of hydrogen-bond donors (Lipinski definition) is 2. The number of carbonyl (C=O) groups is 2. The average Bonchev–Trinajstić information content (AvgIpc) is 3.13. The quantitative estimate of drug-likeness (QED) is 0.498. The fourth-order valence-corrected chi connectivity index (χ4v) is 3.62. The van der Waals surface area contributed by atoms with Gasteiger partial charge in [0.2, 0.25) is 5.91 Å². The van der Waals surface area contributed by atoms with Gasteiger partial charge in [0.05, 0.1) is 18.9 Å². The van der Waals surface area contributed by atoms with Crippen molar-refractivity contribution in [1.29, 1.82) is 0 Å². The van der Waals surface area contributed by atoms with E-state index >= 15 is 0 Å². The molecular formula is C21H22ClN5O3S. The van der Waals surface area contributed by atoms with Crippen molar-refractivity contribution in [2.45, 2.75) is 18.1 Å². The number of carbonyl (C=O) groups excluding carboxylic acids is 2. The fourth-order valence-electron chi connectivity index (χ4n) is 2.78. The number of nitrogens with one attached hydrogen (secondary N) is 2. The van der Waals surface area contributed by atoms with Gasteiger partial charge < -0.3 is 19.9 Å². The van der Waals surface area contributed by atoms with E-state index in [2.05, 4.69) is 20.8 Å². The molecule has 10 heteroatoms. The van der Waals surface area contributed by atoms with Gasteiger partial charge >= 0.3 is 0 Å². The van der Waals surface area contributed by atoms with Crippen LogP contribution in [0.1, 0.15) is 29.1 Å². The smallest absolute Gasteiger partial charge is 0.251 e. The number of ether oxygens (including phenoxy) is 1. The molecule has 2 amide bonds. The molecule has 0 radical (unpaired) electrons. The third kappa shape index (κ3) is 5.99. The first-order chi connectivity index (χ1) is 14.9. The van der Waals surface area contributed by atoms with E-state index in [-0.39, 0.29) is 23.6 Å². The van der Waals surface area contributed by atoms with Crippen molar-refractivity contribution in [2.24, 2.45) is 7.05 Å². The SMILES string of the molecule is COc1ccc(NC(=O)CSc2nnc([C@H](C)NC(=O)c3ccc(Cl)cc3)n2C)cc1. The third-order valence-electron chi connectivity index (χ3n) is 4.42. The molecule has 0 aliphatic heterocycles. The van der Waals surface area contributed by atoms with Crippen LogP contribution < -0.4 is 15.4 Å². The predicted molar refractivity (Wildman–Crippen MR) is 121 cm³/mol. The van der Waals surface area contributed by atoms with Crippen molar-refractivity contribution in [3.05, 3.63) is 64.9 Å². The van der Waals surface area contributed by atoms with Crippen LogP contribution in [0.15, 0.2) is 53.7 Å². The molecule has 2 aromatic carbocycles. The molecule has 1 aromatic heterocycles. The average molecular weight is 460 g/mol. The number of thioether (sulfide) groups is 1. The monoisotopic (exact) mass is 459 g/mol. The van der Waals surface area contributed by atoms with Crippen molar-refractivity contribution >= 4 is 40.9 Å². The number of hydrogen-bond acceptors (Lipinski definition) is 6. The zero-order valence-electron chi connectivity index (χ0n) is 17.3. The Hall–Kier alpha value is -3.04. The summed E-state index contributed by atoms with van der Waals surface area (Å²) in [5, 5.41) is 15.2. The van der Waals surface area contributed by atoms with Crippen LogP contribution in [0.4, 0.5) is 5.69 Å². The summed E-state index contributed by atoms with van der Waals surface area (Å²) in [7, 11) is 3.38. The third-order valence-corrected chi connectivity index (χ3v) is 5.69. The highest BCUT2D eigenvalue weighted by atomic mass is 35.5. The van der Waals surface area contributed by atoms with Crippen LogP contribution in [0, 0.1) is 0 Å². The molecule has 8 nitrogen and oxygen atoms in total. The number of anilines is 1. The van der Waals surface area contributed by atoms with Gasteiger partial charge in [-0.25, -0.2) is 0 Å². The van der Waals surface area contributed by atoms with Crippen LogP contribution >= 0.6 is 23.4 Å². The summed E-state index contributed by atoms with van der Waals surface area (Å²) < 4.78 is 6.86. The van der Waals surface area contributed by atoms with Gasteiger partial charge in [0, 0.05) is 23.3 Å². The molecule has 162 valence electrons. The molecule has 3 aromatic rings. The van der Waals surface area contributed by atoms with Crippen LogP contribution in [0.2, 0.25) is 5.02 Å². The van der Waals surface area contributed by atoms with Gasteiger partial charge in [-0.2, -0.15) is 0 Å². The highest BCUT2D eigenvalue weighted by Crippen LogP contribution is 2.21. The van der Waals surface area contributed by atoms with E-state index < -0.39 is 0 Å². The first kappa shape index (κ1) is 22.6. The second-order valence-corrected chi connectivity index (χ2v) is 8.05.